The lowest BCUT2D eigenvalue weighted by molar-refractivity contribution is 1.33. The van der Waals surface area contributed by atoms with E-state index in [1.807, 2.05) is 18.2 Å². The molecule has 1 aromatic carbocycles. The number of nitrogens with zero attached hydrogens (tertiary/aromatic N) is 3. The first-order valence-corrected chi connectivity index (χ1v) is 4.92. The minimum absolute atomic E-state index is 0.956. The highest BCUT2D eigenvalue weighted by Crippen LogP contribution is 2.33. The Kier molecular flexibility index (Phi) is 1.63. The van der Waals surface area contributed by atoms with Gasteiger partial charge in [0.15, 0.2) is 0 Å². The smallest absolute Gasteiger partial charge is 0.104 e. The summed E-state index contributed by atoms with van der Waals surface area (Å²) in [5.74, 6) is 0. The second-order valence-corrected chi connectivity index (χ2v) is 3.64. The van der Waals surface area contributed by atoms with E-state index in [0.29, 0.717) is 0 Å². The van der Waals surface area contributed by atoms with Crippen molar-refractivity contribution < 1.29 is 0 Å². The number of aromatic amines is 1. The number of fused-ring (bicyclic) bond motifs is 3. The summed E-state index contributed by atoms with van der Waals surface area (Å²) < 4.78 is 3.94. The van der Waals surface area contributed by atoms with Gasteiger partial charge in [0.05, 0.1) is 22.9 Å². The molecule has 0 unspecified atom stereocenters. The van der Waals surface area contributed by atoms with Gasteiger partial charge < -0.3 is 4.98 Å². The number of H-pyrrole nitrogens is 1. The molecule has 1 aliphatic heterocycles. The lowest BCUT2D eigenvalue weighted by Gasteiger charge is -2.00. The molecule has 68 valence electrons. The SMILES string of the molecule is C1=Cc2ccc3[nH]cnc3c2SN=N1. The molecule has 0 amide bonds. The number of aromatic nitrogens is 2. The van der Waals surface area contributed by atoms with Crippen LogP contribution in [-0.2, 0) is 0 Å². The first kappa shape index (κ1) is 7.75. The fraction of sp³-hybridized carbons (Fsp3) is 0. The third kappa shape index (κ3) is 1.06. The number of imidazole rings is 1. The van der Waals surface area contributed by atoms with Crippen molar-refractivity contribution in [2.75, 3.05) is 0 Å². The van der Waals surface area contributed by atoms with Gasteiger partial charge in [0.1, 0.15) is 5.52 Å². The van der Waals surface area contributed by atoms with Gasteiger partial charge in [-0.05, 0) is 17.7 Å². The standard InChI is InChI=1S/C9H6N4S/c1-2-7-8(11-5-10-7)9-6(1)3-4-12-13-14-9/h1-5H,(H,10,11). The maximum Gasteiger partial charge on any atom is 0.104 e. The second kappa shape index (κ2) is 2.95. The van der Waals surface area contributed by atoms with E-state index < -0.39 is 0 Å². The molecule has 0 saturated carbocycles. The number of hydrogen-bond acceptors (Lipinski definition) is 4. The van der Waals surface area contributed by atoms with Gasteiger partial charge in [-0.3, -0.25) is 0 Å². The number of nitrogens with one attached hydrogen (secondary N) is 1. The van der Waals surface area contributed by atoms with Crippen LogP contribution >= 0.6 is 11.9 Å². The molecular formula is C9H6N4S. The molecule has 3 rings (SSSR count). The Hall–Kier alpha value is -1.62. The van der Waals surface area contributed by atoms with Gasteiger partial charge in [0.25, 0.3) is 0 Å². The van der Waals surface area contributed by atoms with Gasteiger partial charge in [0.2, 0.25) is 0 Å². The molecule has 5 heteroatoms. The van der Waals surface area contributed by atoms with Crippen LogP contribution in [0.25, 0.3) is 17.1 Å². The van der Waals surface area contributed by atoms with E-state index in [-0.39, 0.29) is 0 Å². The summed E-state index contributed by atoms with van der Waals surface area (Å²) in [6.07, 6.45) is 5.32. The van der Waals surface area contributed by atoms with Crippen molar-refractivity contribution in [2.24, 2.45) is 9.63 Å². The predicted molar refractivity (Wildman–Crippen MR) is 55.8 cm³/mol. The molecule has 0 aliphatic carbocycles. The number of benzene rings is 1. The highest BCUT2D eigenvalue weighted by Gasteiger charge is 2.09. The second-order valence-electron chi connectivity index (χ2n) is 2.89. The Labute approximate surface area is 84.3 Å². The van der Waals surface area contributed by atoms with Crippen molar-refractivity contribution in [3.05, 3.63) is 30.2 Å². The minimum Gasteiger partial charge on any atom is -0.345 e. The van der Waals surface area contributed by atoms with Crippen molar-refractivity contribution in [3.8, 4) is 0 Å². The Morgan fingerprint density at radius 1 is 1.29 bits per heavy atom. The van der Waals surface area contributed by atoms with Crippen molar-refractivity contribution in [3.63, 3.8) is 0 Å². The molecule has 4 nitrogen and oxygen atoms in total. The van der Waals surface area contributed by atoms with Crippen LogP contribution in [0.1, 0.15) is 5.56 Å². The van der Waals surface area contributed by atoms with Gasteiger partial charge in [-0.15, -0.1) is 4.52 Å². The van der Waals surface area contributed by atoms with Crippen molar-refractivity contribution >= 4 is 29.1 Å². The molecule has 0 atom stereocenters. The molecular weight excluding hydrogens is 196 g/mol. The molecule has 0 saturated heterocycles. The lowest BCUT2D eigenvalue weighted by atomic mass is 10.2. The van der Waals surface area contributed by atoms with E-state index in [0.717, 1.165) is 21.5 Å². The van der Waals surface area contributed by atoms with Crippen LogP contribution in [0, 0.1) is 0 Å². The summed E-state index contributed by atoms with van der Waals surface area (Å²) in [7, 11) is 0. The highest BCUT2D eigenvalue weighted by atomic mass is 32.2. The number of hydrogen-bond donors (Lipinski definition) is 1. The summed E-state index contributed by atoms with van der Waals surface area (Å²) in [5, 5.41) is 3.85. The molecule has 0 bridgehead atoms. The zero-order valence-electron chi connectivity index (χ0n) is 7.14. The summed E-state index contributed by atoms with van der Waals surface area (Å²) >= 11 is 1.36. The summed E-state index contributed by atoms with van der Waals surface area (Å²) in [6.45, 7) is 0. The quantitative estimate of drug-likeness (QED) is 0.667. The molecule has 0 fully saturated rings. The highest BCUT2D eigenvalue weighted by molar-refractivity contribution is 7.98. The van der Waals surface area contributed by atoms with Crippen molar-refractivity contribution in [1.29, 1.82) is 0 Å². The zero-order valence-corrected chi connectivity index (χ0v) is 7.95. The van der Waals surface area contributed by atoms with Crippen molar-refractivity contribution in [2.45, 2.75) is 4.90 Å². The van der Waals surface area contributed by atoms with Gasteiger partial charge in [-0.1, -0.05) is 6.07 Å². The first-order chi connectivity index (χ1) is 6.95. The van der Waals surface area contributed by atoms with Gasteiger partial charge in [-0.25, -0.2) is 4.98 Å². The summed E-state index contributed by atoms with van der Waals surface area (Å²) in [5.41, 5.74) is 3.10. The Morgan fingerprint density at radius 2 is 2.29 bits per heavy atom. The Morgan fingerprint density at radius 3 is 3.29 bits per heavy atom. The van der Waals surface area contributed by atoms with E-state index in [4.69, 9.17) is 0 Å². The molecule has 2 aromatic rings. The first-order valence-electron chi connectivity index (χ1n) is 4.15. The Balaban J connectivity index is 2.38. The molecule has 1 N–H and O–H groups in total. The summed E-state index contributed by atoms with van der Waals surface area (Å²) in [4.78, 5) is 8.39. The fourth-order valence-electron chi connectivity index (χ4n) is 1.43. The van der Waals surface area contributed by atoms with E-state index >= 15 is 0 Å². The van der Waals surface area contributed by atoms with Crippen LogP contribution in [0.2, 0.25) is 0 Å². The van der Waals surface area contributed by atoms with Gasteiger partial charge in [0, 0.05) is 11.9 Å². The van der Waals surface area contributed by atoms with Crippen molar-refractivity contribution in [1.82, 2.24) is 9.97 Å². The lowest BCUT2D eigenvalue weighted by Crippen LogP contribution is -1.80. The zero-order chi connectivity index (χ0) is 9.38. The third-order valence-electron chi connectivity index (χ3n) is 2.08. The van der Waals surface area contributed by atoms with Crippen LogP contribution in [0.15, 0.2) is 39.2 Å². The van der Waals surface area contributed by atoms with Crippen LogP contribution in [-0.4, -0.2) is 9.97 Å². The third-order valence-corrected chi connectivity index (χ3v) is 2.86. The molecule has 1 aliphatic rings. The molecule has 0 spiro atoms. The Bertz CT molecular complexity index is 541. The van der Waals surface area contributed by atoms with E-state index in [2.05, 4.69) is 19.6 Å². The summed E-state index contributed by atoms with van der Waals surface area (Å²) in [6, 6.07) is 4.05. The fourth-order valence-corrected chi connectivity index (χ4v) is 2.10. The van der Waals surface area contributed by atoms with Crippen LogP contribution in [0.3, 0.4) is 0 Å². The van der Waals surface area contributed by atoms with E-state index in [9.17, 15) is 0 Å². The maximum absolute atomic E-state index is 4.26. The van der Waals surface area contributed by atoms with Gasteiger partial charge in [-0.2, -0.15) is 5.11 Å². The molecule has 14 heavy (non-hydrogen) atoms. The van der Waals surface area contributed by atoms with Crippen LogP contribution < -0.4 is 0 Å². The van der Waals surface area contributed by atoms with E-state index in [1.165, 1.54) is 11.9 Å². The average molecular weight is 202 g/mol. The predicted octanol–water partition coefficient (Wildman–Crippen LogP) is 3.01. The topological polar surface area (TPSA) is 53.4 Å². The normalized spacial score (nSPS) is 14.3. The molecule has 2 heterocycles. The van der Waals surface area contributed by atoms with Gasteiger partial charge >= 0.3 is 0 Å². The average Bonchev–Trinajstić information content (AvgIpc) is 2.55. The monoisotopic (exact) mass is 202 g/mol. The maximum atomic E-state index is 4.26. The largest absolute Gasteiger partial charge is 0.345 e. The number of rotatable bonds is 0. The van der Waals surface area contributed by atoms with E-state index in [1.54, 1.807) is 12.5 Å². The molecule has 1 aromatic heterocycles. The minimum atomic E-state index is 0.956. The van der Waals surface area contributed by atoms with Crippen LogP contribution in [0.5, 0.6) is 0 Å². The molecule has 0 radical (unpaired) electrons. The van der Waals surface area contributed by atoms with Crippen LogP contribution in [0.4, 0.5) is 0 Å².